The smallest absolute Gasteiger partial charge is 0.225 e. The lowest BCUT2D eigenvalue weighted by atomic mass is 9.96. The van der Waals surface area contributed by atoms with Gasteiger partial charge in [0, 0.05) is 10.9 Å². The first-order chi connectivity index (χ1) is 10.0. The Balaban J connectivity index is 1.74. The summed E-state index contributed by atoms with van der Waals surface area (Å²) in [6, 6.07) is 5.98. The zero-order valence-corrected chi connectivity index (χ0v) is 12.5. The van der Waals surface area contributed by atoms with Crippen LogP contribution in [-0.2, 0) is 11.2 Å². The van der Waals surface area contributed by atoms with Crippen LogP contribution in [0.3, 0.4) is 0 Å². The van der Waals surface area contributed by atoms with E-state index in [0.717, 1.165) is 34.9 Å². The molecule has 1 aromatic heterocycles. The van der Waals surface area contributed by atoms with Crippen LogP contribution >= 0.6 is 0 Å². The molecule has 0 aliphatic heterocycles. The SMILES string of the molecule is Cc1ccc2c(CC(=O)NC(C)(CO)C3CC3)coc2c1. The summed E-state index contributed by atoms with van der Waals surface area (Å²) in [6.45, 7) is 3.91. The number of aryl methyl sites for hydroxylation is 1. The van der Waals surface area contributed by atoms with E-state index in [1.807, 2.05) is 32.0 Å². The molecule has 0 bridgehead atoms. The molecule has 3 rings (SSSR count). The quantitative estimate of drug-likeness (QED) is 0.888. The number of aliphatic hydroxyl groups excluding tert-OH is 1. The summed E-state index contributed by atoms with van der Waals surface area (Å²) in [6.07, 6.45) is 4.08. The number of hydrogen-bond donors (Lipinski definition) is 2. The van der Waals surface area contributed by atoms with E-state index >= 15 is 0 Å². The number of benzene rings is 1. The van der Waals surface area contributed by atoms with E-state index < -0.39 is 5.54 Å². The molecular formula is C17H21NO3. The van der Waals surface area contributed by atoms with Gasteiger partial charge in [-0.2, -0.15) is 0 Å². The van der Waals surface area contributed by atoms with Crippen molar-refractivity contribution in [2.75, 3.05) is 6.61 Å². The second-order valence-electron chi connectivity index (χ2n) is 6.34. The number of carbonyl (C=O) groups excluding carboxylic acids is 1. The van der Waals surface area contributed by atoms with Gasteiger partial charge in [-0.3, -0.25) is 4.79 Å². The van der Waals surface area contributed by atoms with E-state index in [2.05, 4.69) is 5.32 Å². The molecule has 1 aliphatic carbocycles. The molecule has 1 heterocycles. The van der Waals surface area contributed by atoms with Gasteiger partial charge in [0.15, 0.2) is 0 Å². The first kappa shape index (κ1) is 14.1. The lowest BCUT2D eigenvalue weighted by molar-refractivity contribution is -0.123. The molecular weight excluding hydrogens is 266 g/mol. The number of rotatable bonds is 5. The Hall–Kier alpha value is -1.81. The number of amides is 1. The molecule has 21 heavy (non-hydrogen) atoms. The third kappa shape index (κ3) is 2.81. The van der Waals surface area contributed by atoms with Gasteiger partial charge in [0.2, 0.25) is 5.91 Å². The summed E-state index contributed by atoms with van der Waals surface area (Å²) >= 11 is 0. The second kappa shape index (κ2) is 5.19. The van der Waals surface area contributed by atoms with E-state index in [0.29, 0.717) is 5.92 Å². The minimum absolute atomic E-state index is 0.0191. The molecule has 1 amide bonds. The average molecular weight is 287 g/mol. The summed E-state index contributed by atoms with van der Waals surface area (Å²) in [5, 5.41) is 13.5. The normalized spacial score (nSPS) is 17.7. The van der Waals surface area contributed by atoms with Gasteiger partial charge in [-0.1, -0.05) is 12.1 Å². The zero-order valence-electron chi connectivity index (χ0n) is 12.5. The maximum atomic E-state index is 12.3. The molecule has 1 aliphatic rings. The predicted octanol–water partition coefficient (Wildman–Crippen LogP) is 2.56. The van der Waals surface area contributed by atoms with Gasteiger partial charge < -0.3 is 14.8 Å². The van der Waals surface area contributed by atoms with Crippen molar-refractivity contribution in [1.82, 2.24) is 5.32 Å². The van der Waals surface area contributed by atoms with Crippen LogP contribution < -0.4 is 5.32 Å². The van der Waals surface area contributed by atoms with Crippen LogP contribution in [0.4, 0.5) is 0 Å². The van der Waals surface area contributed by atoms with Crippen LogP contribution in [0.15, 0.2) is 28.9 Å². The molecule has 2 aromatic rings. The standard InChI is InChI=1S/C17H21NO3/c1-11-3-6-14-12(9-21-15(14)7-11)8-16(20)18-17(2,10-19)13-4-5-13/h3,6-7,9,13,19H,4-5,8,10H2,1-2H3,(H,18,20). The van der Waals surface area contributed by atoms with Crippen molar-refractivity contribution >= 4 is 16.9 Å². The minimum atomic E-state index is -0.493. The van der Waals surface area contributed by atoms with Gasteiger partial charge in [-0.05, 0) is 44.2 Å². The lowest BCUT2D eigenvalue weighted by Gasteiger charge is -2.28. The van der Waals surface area contributed by atoms with Crippen LogP contribution in [0.5, 0.6) is 0 Å². The number of hydrogen-bond acceptors (Lipinski definition) is 3. The van der Waals surface area contributed by atoms with Crippen molar-refractivity contribution in [1.29, 1.82) is 0 Å². The van der Waals surface area contributed by atoms with Crippen LogP contribution in [-0.4, -0.2) is 23.2 Å². The van der Waals surface area contributed by atoms with E-state index in [4.69, 9.17) is 4.42 Å². The van der Waals surface area contributed by atoms with Crippen molar-refractivity contribution in [3.63, 3.8) is 0 Å². The van der Waals surface area contributed by atoms with Crippen molar-refractivity contribution in [3.05, 3.63) is 35.6 Å². The van der Waals surface area contributed by atoms with Crippen LogP contribution in [0.25, 0.3) is 11.0 Å². The Bertz CT molecular complexity index is 672. The van der Waals surface area contributed by atoms with Crippen LogP contribution in [0, 0.1) is 12.8 Å². The van der Waals surface area contributed by atoms with Gasteiger partial charge in [0.1, 0.15) is 5.58 Å². The van der Waals surface area contributed by atoms with E-state index in [9.17, 15) is 9.90 Å². The summed E-state index contributed by atoms with van der Waals surface area (Å²) in [5.41, 5.74) is 2.34. The van der Waals surface area contributed by atoms with Crippen LogP contribution in [0.2, 0.25) is 0 Å². The summed E-state index contributed by atoms with van der Waals surface area (Å²) in [5.74, 6) is 0.330. The van der Waals surface area contributed by atoms with Gasteiger partial charge in [-0.25, -0.2) is 0 Å². The first-order valence-corrected chi connectivity index (χ1v) is 7.40. The van der Waals surface area contributed by atoms with E-state index in [-0.39, 0.29) is 18.9 Å². The Morgan fingerprint density at radius 3 is 2.90 bits per heavy atom. The highest BCUT2D eigenvalue weighted by Gasteiger charge is 2.42. The number of carbonyl (C=O) groups is 1. The average Bonchev–Trinajstić information content (AvgIpc) is 3.23. The molecule has 0 spiro atoms. The van der Waals surface area contributed by atoms with Crippen molar-refractivity contribution < 1.29 is 14.3 Å². The molecule has 112 valence electrons. The van der Waals surface area contributed by atoms with Crippen molar-refractivity contribution in [2.45, 2.75) is 38.6 Å². The Morgan fingerprint density at radius 2 is 2.24 bits per heavy atom. The van der Waals surface area contributed by atoms with E-state index in [1.165, 1.54) is 0 Å². The van der Waals surface area contributed by atoms with Gasteiger partial charge >= 0.3 is 0 Å². The molecule has 4 nitrogen and oxygen atoms in total. The predicted molar refractivity (Wildman–Crippen MR) is 81.0 cm³/mol. The molecule has 0 radical (unpaired) electrons. The first-order valence-electron chi connectivity index (χ1n) is 7.40. The van der Waals surface area contributed by atoms with Crippen molar-refractivity contribution in [3.8, 4) is 0 Å². The molecule has 0 saturated heterocycles. The van der Waals surface area contributed by atoms with Crippen LogP contribution in [0.1, 0.15) is 30.9 Å². The second-order valence-corrected chi connectivity index (χ2v) is 6.34. The van der Waals surface area contributed by atoms with Gasteiger partial charge in [-0.15, -0.1) is 0 Å². The fourth-order valence-corrected chi connectivity index (χ4v) is 2.85. The highest BCUT2D eigenvalue weighted by atomic mass is 16.3. The van der Waals surface area contributed by atoms with Crippen molar-refractivity contribution in [2.24, 2.45) is 5.92 Å². The molecule has 1 unspecified atom stereocenters. The van der Waals surface area contributed by atoms with Gasteiger partial charge in [0.25, 0.3) is 0 Å². The maximum absolute atomic E-state index is 12.3. The number of fused-ring (bicyclic) bond motifs is 1. The topological polar surface area (TPSA) is 62.5 Å². The summed E-state index contributed by atoms with van der Waals surface area (Å²) in [7, 11) is 0. The molecule has 4 heteroatoms. The third-order valence-electron chi connectivity index (χ3n) is 4.39. The summed E-state index contributed by atoms with van der Waals surface area (Å²) in [4.78, 5) is 12.3. The Labute approximate surface area is 124 Å². The highest BCUT2D eigenvalue weighted by Crippen LogP contribution is 2.39. The third-order valence-corrected chi connectivity index (χ3v) is 4.39. The molecule has 1 fully saturated rings. The summed E-state index contributed by atoms with van der Waals surface area (Å²) < 4.78 is 5.52. The lowest BCUT2D eigenvalue weighted by Crippen LogP contribution is -2.51. The number of furan rings is 1. The monoisotopic (exact) mass is 287 g/mol. The van der Waals surface area contributed by atoms with Gasteiger partial charge in [0.05, 0.1) is 24.8 Å². The maximum Gasteiger partial charge on any atom is 0.225 e. The molecule has 1 saturated carbocycles. The largest absolute Gasteiger partial charge is 0.464 e. The fourth-order valence-electron chi connectivity index (χ4n) is 2.85. The minimum Gasteiger partial charge on any atom is -0.464 e. The Morgan fingerprint density at radius 1 is 1.48 bits per heavy atom. The number of nitrogens with one attached hydrogen (secondary N) is 1. The Kier molecular flexibility index (Phi) is 3.49. The molecule has 1 aromatic carbocycles. The van der Waals surface area contributed by atoms with E-state index in [1.54, 1.807) is 6.26 Å². The fraction of sp³-hybridized carbons (Fsp3) is 0.471. The number of aliphatic hydroxyl groups is 1. The molecule has 2 N–H and O–H groups in total. The zero-order chi connectivity index (χ0) is 15.0. The highest BCUT2D eigenvalue weighted by molar-refractivity contribution is 5.88. The molecule has 1 atom stereocenters.